The molecule has 0 saturated heterocycles. The summed E-state index contributed by atoms with van der Waals surface area (Å²) in [6.07, 6.45) is 1.61. The van der Waals surface area contributed by atoms with Crippen molar-refractivity contribution in [2.75, 3.05) is 7.11 Å². The third-order valence-electron chi connectivity index (χ3n) is 3.71. The molecule has 0 spiro atoms. The van der Waals surface area contributed by atoms with Gasteiger partial charge in [-0.25, -0.2) is 4.98 Å². The first-order chi connectivity index (χ1) is 13.2. The predicted molar refractivity (Wildman–Crippen MR) is 103 cm³/mol. The van der Waals surface area contributed by atoms with Crippen LogP contribution in [0.4, 0.5) is 0 Å². The minimum atomic E-state index is 0.412. The highest BCUT2D eigenvalue weighted by Crippen LogP contribution is 2.31. The van der Waals surface area contributed by atoms with Gasteiger partial charge < -0.3 is 13.6 Å². The van der Waals surface area contributed by atoms with Gasteiger partial charge in [-0.05, 0) is 30.3 Å². The number of ether oxygens (including phenoxy) is 1. The zero-order valence-electron chi connectivity index (χ0n) is 14.3. The van der Waals surface area contributed by atoms with Gasteiger partial charge in [0.1, 0.15) is 12.0 Å². The van der Waals surface area contributed by atoms with E-state index in [2.05, 4.69) is 15.2 Å². The molecule has 0 amide bonds. The van der Waals surface area contributed by atoms with Crippen LogP contribution in [0.2, 0.25) is 5.02 Å². The summed E-state index contributed by atoms with van der Waals surface area (Å²) in [7, 11) is 1.60. The number of halogens is 1. The summed E-state index contributed by atoms with van der Waals surface area (Å²) in [6.45, 7) is 0. The van der Waals surface area contributed by atoms with Crippen molar-refractivity contribution in [2.45, 2.75) is 11.0 Å². The number of nitrogens with zero attached hydrogens (tertiary/aromatic N) is 3. The number of benzene rings is 2. The van der Waals surface area contributed by atoms with E-state index in [4.69, 9.17) is 25.2 Å². The predicted octanol–water partition coefficient (Wildman–Crippen LogP) is 5.35. The SMILES string of the molecule is COc1ccccc1-c1nnc(SCc2coc(-c3cccc(Cl)c3)n2)o1. The van der Waals surface area contributed by atoms with Gasteiger partial charge in [0, 0.05) is 16.3 Å². The summed E-state index contributed by atoms with van der Waals surface area (Å²) in [5.74, 6) is 2.15. The molecule has 136 valence electrons. The van der Waals surface area contributed by atoms with E-state index in [1.165, 1.54) is 11.8 Å². The van der Waals surface area contributed by atoms with Gasteiger partial charge in [-0.2, -0.15) is 0 Å². The Morgan fingerprint density at radius 3 is 2.81 bits per heavy atom. The highest BCUT2D eigenvalue weighted by molar-refractivity contribution is 7.98. The van der Waals surface area contributed by atoms with E-state index in [9.17, 15) is 0 Å². The Bertz CT molecular complexity index is 1060. The lowest BCUT2D eigenvalue weighted by Crippen LogP contribution is -1.87. The Labute approximate surface area is 164 Å². The fraction of sp³-hybridized carbons (Fsp3) is 0.105. The largest absolute Gasteiger partial charge is 0.496 e. The maximum Gasteiger partial charge on any atom is 0.277 e. The van der Waals surface area contributed by atoms with Gasteiger partial charge in [-0.15, -0.1) is 10.2 Å². The van der Waals surface area contributed by atoms with Crippen molar-refractivity contribution in [3.05, 3.63) is 65.5 Å². The first kappa shape index (κ1) is 17.6. The van der Waals surface area contributed by atoms with Crippen LogP contribution >= 0.6 is 23.4 Å². The molecule has 0 radical (unpaired) electrons. The van der Waals surface area contributed by atoms with Crippen molar-refractivity contribution in [1.82, 2.24) is 15.2 Å². The van der Waals surface area contributed by atoms with Crippen LogP contribution in [0.5, 0.6) is 5.75 Å². The lowest BCUT2D eigenvalue weighted by Gasteiger charge is -2.03. The summed E-state index contributed by atoms with van der Waals surface area (Å²) in [6, 6.07) is 14.9. The number of hydrogen-bond acceptors (Lipinski definition) is 7. The first-order valence-corrected chi connectivity index (χ1v) is 9.39. The number of para-hydroxylation sites is 1. The lowest BCUT2D eigenvalue weighted by molar-refractivity contribution is 0.411. The quantitative estimate of drug-likeness (QED) is 0.405. The van der Waals surface area contributed by atoms with Crippen LogP contribution < -0.4 is 4.74 Å². The number of methoxy groups -OCH3 is 1. The van der Waals surface area contributed by atoms with Crippen molar-refractivity contribution in [3.63, 3.8) is 0 Å². The molecule has 6 nitrogen and oxygen atoms in total. The number of hydrogen-bond donors (Lipinski definition) is 0. The third-order valence-corrected chi connectivity index (χ3v) is 4.80. The van der Waals surface area contributed by atoms with Crippen LogP contribution in [0.25, 0.3) is 22.9 Å². The average molecular weight is 400 g/mol. The lowest BCUT2D eigenvalue weighted by atomic mass is 10.2. The third kappa shape index (κ3) is 3.99. The molecule has 2 heterocycles. The molecular formula is C19H14ClN3O3S. The summed E-state index contributed by atoms with van der Waals surface area (Å²) >= 11 is 7.39. The van der Waals surface area contributed by atoms with Crippen LogP contribution in [0.3, 0.4) is 0 Å². The van der Waals surface area contributed by atoms with Gasteiger partial charge in [0.2, 0.25) is 5.89 Å². The standard InChI is InChI=1S/C19H14ClN3O3S/c1-24-16-8-3-2-7-15(16)18-22-23-19(26-18)27-11-14-10-25-17(21-14)12-5-4-6-13(20)9-12/h2-10H,11H2,1H3. The monoisotopic (exact) mass is 399 g/mol. The highest BCUT2D eigenvalue weighted by atomic mass is 35.5. The summed E-state index contributed by atoms with van der Waals surface area (Å²) in [5.41, 5.74) is 2.35. The molecular weight excluding hydrogens is 386 g/mol. The Balaban J connectivity index is 1.45. The minimum absolute atomic E-state index is 0.412. The molecule has 4 rings (SSSR count). The number of aromatic nitrogens is 3. The minimum Gasteiger partial charge on any atom is -0.496 e. The summed E-state index contributed by atoms with van der Waals surface area (Å²) in [5, 5.41) is 9.25. The Morgan fingerprint density at radius 1 is 1.07 bits per heavy atom. The maximum atomic E-state index is 6.01. The molecule has 0 aliphatic rings. The molecule has 0 fully saturated rings. The number of rotatable bonds is 6. The van der Waals surface area contributed by atoms with Crippen LogP contribution in [-0.4, -0.2) is 22.3 Å². The molecule has 2 aromatic heterocycles. The zero-order chi connectivity index (χ0) is 18.6. The van der Waals surface area contributed by atoms with E-state index in [-0.39, 0.29) is 0 Å². The van der Waals surface area contributed by atoms with E-state index in [1.54, 1.807) is 19.4 Å². The number of thioether (sulfide) groups is 1. The second-order valence-corrected chi connectivity index (χ2v) is 6.88. The van der Waals surface area contributed by atoms with Crippen LogP contribution in [-0.2, 0) is 5.75 Å². The molecule has 0 aliphatic heterocycles. The van der Waals surface area contributed by atoms with Gasteiger partial charge in [0.05, 0.1) is 18.4 Å². The van der Waals surface area contributed by atoms with Gasteiger partial charge in [-0.1, -0.05) is 41.6 Å². The topological polar surface area (TPSA) is 74.2 Å². The van der Waals surface area contributed by atoms with Crippen molar-refractivity contribution in [3.8, 4) is 28.7 Å². The van der Waals surface area contributed by atoms with Crippen molar-refractivity contribution in [1.29, 1.82) is 0 Å². The van der Waals surface area contributed by atoms with Crippen molar-refractivity contribution in [2.24, 2.45) is 0 Å². The molecule has 0 atom stereocenters. The first-order valence-electron chi connectivity index (χ1n) is 8.03. The van der Waals surface area contributed by atoms with Crippen LogP contribution in [0.15, 0.2) is 68.9 Å². The van der Waals surface area contributed by atoms with Gasteiger partial charge in [0.15, 0.2) is 0 Å². The van der Waals surface area contributed by atoms with Crippen molar-refractivity contribution < 1.29 is 13.6 Å². The van der Waals surface area contributed by atoms with Crippen LogP contribution in [0, 0.1) is 0 Å². The van der Waals surface area contributed by atoms with E-state index in [0.717, 1.165) is 16.8 Å². The molecule has 0 saturated carbocycles. The van der Waals surface area contributed by atoms with Gasteiger partial charge in [-0.3, -0.25) is 0 Å². The molecule has 27 heavy (non-hydrogen) atoms. The molecule has 4 aromatic rings. The molecule has 0 unspecified atom stereocenters. The fourth-order valence-corrected chi connectivity index (χ4v) is 3.29. The van der Waals surface area contributed by atoms with E-state index in [0.29, 0.717) is 33.5 Å². The second-order valence-electron chi connectivity index (χ2n) is 5.52. The van der Waals surface area contributed by atoms with E-state index < -0.39 is 0 Å². The smallest absolute Gasteiger partial charge is 0.277 e. The molecule has 2 aromatic carbocycles. The second kappa shape index (κ2) is 7.85. The summed E-state index contributed by atoms with van der Waals surface area (Å²) in [4.78, 5) is 4.47. The molecule has 0 bridgehead atoms. The van der Waals surface area contributed by atoms with E-state index in [1.807, 2.05) is 42.5 Å². The normalized spacial score (nSPS) is 10.9. The Hall–Kier alpha value is -2.77. The van der Waals surface area contributed by atoms with Crippen molar-refractivity contribution >= 4 is 23.4 Å². The zero-order valence-corrected chi connectivity index (χ0v) is 15.8. The molecule has 0 aliphatic carbocycles. The maximum absolute atomic E-state index is 6.01. The van der Waals surface area contributed by atoms with Gasteiger partial charge >= 0.3 is 0 Å². The molecule has 8 heteroatoms. The average Bonchev–Trinajstić information content (AvgIpc) is 3.36. The number of oxazole rings is 1. The van der Waals surface area contributed by atoms with Crippen LogP contribution in [0.1, 0.15) is 5.69 Å². The van der Waals surface area contributed by atoms with E-state index >= 15 is 0 Å². The van der Waals surface area contributed by atoms with Gasteiger partial charge in [0.25, 0.3) is 11.1 Å². The highest BCUT2D eigenvalue weighted by Gasteiger charge is 2.14. The summed E-state index contributed by atoms with van der Waals surface area (Å²) < 4.78 is 16.6. The fourth-order valence-electron chi connectivity index (χ4n) is 2.46. The Kier molecular flexibility index (Phi) is 5.13. The Morgan fingerprint density at radius 2 is 1.96 bits per heavy atom. The molecule has 0 N–H and O–H groups in total.